The summed E-state index contributed by atoms with van der Waals surface area (Å²) in [6, 6.07) is 8.73. The minimum absolute atomic E-state index is 0.00500. The second kappa shape index (κ2) is 8.73. The van der Waals surface area contributed by atoms with Gasteiger partial charge in [0.2, 0.25) is 11.8 Å². The Morgan fingerprint density at radius 3 is 2.38 bits per heavy atom. The highest BCUT2D eigenvalue weighted by Crippen LogP contribution is 2.04. The minimum atomic E-state index is -0.664. The van der Waals surface area contributed by atoms with Crippen molar-refractivity contribution in [3.63, 3.8) is 0 Å². The van der Waals surface area contributed by atoms with E-state index < -0.39 is 12.0 Å². The van der Waals surface area contributed by atoms with Crippen LogP contribution in [0.2, 0.25) is 0 Å². The van der Waals surface area contributed by atoms with Crippen LogP contribution >= 0.6 is 0 Å². The summed E-state index contributed by atoms with van der Waals surface area (Å²) in [5.41, 5.74) is 0.944. The number of methoxy groups -OCH3 is 1. The van der Waals surface area contributed by atoms with E-state index >= 15 is 0 Å². The van der Waals surface area contributed by atoms with Crippen LogP contribution in [0, 0.1) is 0 Å². The maximum Gasteiger partial charge on any atom is 0.306 e. The highest BCUT2D eigenvalue weighted by Gasteiger charge is 2.20. The molecule has 0 unspecified atom stereocenters. The van der Waals surface area contributed by atoms with Gasteiger partial charge in [-0.15, -0.1) is 0 Å². The third-order valence-corrected chi connectivity index (χ3v) is 2.96. The lowest BCUT2D eigenvalue weighted by molar-refractivity contribution is -0.142. The van der Waals surface area contributed by atoms with Crippen molar-refractivity contribution in [1.29, 1.82) is 0 Å². The van der Waals surface area contributed by atoms with Crippen LogP contribution in [0.4, 0.5) is 0 Å². The van der Waals surface area contributed by atoms with E-state index in [-0.39, 0.29) is 24.7 Å². The number of hydrogen-bond donors (Lipinski definition) is 2. The third kappa shape index (κ3) is 6.07. The first-order valence-electron chi connectivity index (χ1n) is 6.68. The minimum Gasteiger partial charge on any atom is -0.469 e. The number of rotatable bonds is 7. The summed E-state index contributed by atoms with van der Waals surface area (Å²) in [7, 11) is 2.78. The van der Waals surface area contributed by atoms with Crippen LogP contribution in [0.25, 0.3) is 0 Å². The van der Waals surface area contributed by atoms with Gasteiger partial charge in [0.15, 0.2) is 0 Å². The molecule has 0 spiro atoms. The summed E-state index contributed by atoms with van der Waals surface area (Å²) in [6.45, 7) is 0. The molecule has 0 saturated carbocycles. The number of carbonyl (C=O) groups excluding carboxylic acids is 3. The molecule has 0 aliphatic carbocycles. The standard InChI is InChI=1S/C15H20N2O4/c1-16-15(20)12(10-11-6-4-3-5-7-11)17-13(18)8-9-14(19)21-2/h3-7,12H,8-10H2,1-2H3,(H,16,20)(H,17,18)/t12-/m0/s1. The van der Waals surface area contributed by atoms with E-state index in [0.29, 0.717) is 6.42 Å². The Morgan fingerprint density at radius 2 is 1.81 bits per heavy atom. The van der Waals surface area contributed by atoms with Gasteiger partial charge in [0.25, 0.3) is 0 Å². The lowest BCUT2D eigenvalue weighted by Crippen LogP contribution is -2.47. The van der Waals surface area contributed by atoms with E-state index in [2.05, 4.69) is 15.4 Å². The number of likely N-dealkylation sites (N-methyl/N-ethyl adjacent to an activating group) is 1. The average molecular weight is 292 g/mol. The SMILES string of the molecule is CNC(=O)[C@H](Cc1ccccc1)NC(=O)CCC(=O)OC. The first kappa shape index (κ1) is 16.7. The van der Waals surface area contributed by atoms with Gasteiger partial charge in [-0.25, -0.2) is 0 Å². The van der Waals surface area contributed by atoms with Crippen LogP contribution in [-0.4, -0.2) is 38.0 Å². The summed E-state index contributed by atoms with van der Waals surface area (Å²) in [4.78, 5) is 34.6. The fraction of sp³-hybridized carbons (Fsp3) is 0.400. The number of benzene rings is 1. The molecule has 0 heterocycles. The maximum absolute atomic E-state index is 11.8. The molecule has 0 aliphatic rings. The summed E-state index contributed by atoms with van der Waals surface area (Å²) >= 11 is 0. The van der Waals surface area contributed by atoms with Gasteiger partial charge >= 0.3 is 5.97 Å². The molecular formula is C15H20N2O4. The smallest absolute Gasteiger partial charge is 0.306 e. The van der Waals surface area contributed by atoms with Crippen molar-refractivity contribution in [3.05, 3.63) is 35.9 Å². The van der Waals surface area contributed by atoms with Crippen LogP contribution in [0.5, 0.6) is 0 Å². The molecule has 0 radical (unpaired) electrons. The van der Waals surface area contributed by atoms with Crippen LogP contribution < -0.4 is 10.6 Å². The Morgan fingerprint density at radius 1 is 1.14 bits per heavy atom. The molecule has 1 aromatic carbocycles. The van der Waals surface area contributed by atoms with Gasteiger partial charge < -0.3 is 15.4 Å². The van der Waals surface area contributed by atoms with E-state index in [4.69, 9.17) is 0 Å². The van der Waals surface area contributed by atoms with Crippen LogP contribution in [0.1, 0.15) is 18.4 Å². The molecule has 0 saturated heterocycles. The summed E-state index contributed by atoms with van der Waals surface area (Å²) in [6.07, 6.45) is 0.383. The molecular weight excluding hydrogens is 272 g/mol. The topological polar surface area (TPSA) is 84.5 Å². The fourth-order valence-electron chi connectivity index (χ4n) is 1.82. The van der Waals surface area contributed by atoms with Crippen LogP contribution in [0.15, 0.2) is 30.3 Å². The number of esters is 1. The number of nitrogens with one attached hydrogen (secondary N) is 2. The first-order valence-corrected chi connectivity index (χ1v) is 6.68. The van der Waals surface area contributed by atoms with Crippen LogP contribution in [-0.2, 0) is 25.5 Å². The Labute approximate surface area is 123 Å². The molecule has 2 amide bonds. The lowest BCUT2D eigenvalue weighted by atomic mass is 10.1. The molecule has 1 rings (SSSR count). The molecule has 2 N–H and O–H groups in total. The van der Waals surface area contributed by atoms with E-state index in [9.17, 15) is 14.4 Å². The van der Waals surface area contributed by atoms with Gasteiger partial charge in [-0.05, 0) is 5.56 Å². The monoisotopic (exact) mass is 292 g/mol. The van der Waals surface area contributed by atoms with Crippen molar-refractivity contribution in [1.82, 2.24) is 10.6 Å². The van der Waals surface area contributed by atoms with Crippen molar-refractivity contribution >= 4 is 17.8 Å². The van der Waals surface area contributed by atoms with E-state index in [0.717, 1.165) is 5.56 Å². The normalized spacial score (nSPS) is 11.3. The van der Waals surface area contributed by atoms with Gasteiger partial charge in [0.1, 0.15) is 6.04 Å². The predicted octanol–water partition coefficient (Wildman–Crippen LogP) is 0.413. The van der Waals surface area contributed by atoms with Crippen molar-refractivity contribution in [3.8, 4) is 0 Å². The molecule has 1 atom stereocenters. The molecule has 0 fully saturated rings. The number of amides is 2. The van der Waals surface area contributed by atoms with E-state index in [1.165, 1.54) is 14.2 Å². The molecule has 0 bridgehead atoms. The molecule has 1 aromatic rings. The van der Waals surface area contributed by atoms with Gasteiger partial charge in [-0.1, -0.05) is 30.3 Å². The zero-order valence-electron chi connectivity index (χ0n) is 12.2. The summed E-state index contributed by atoms with van der Waals surface area (Å²) < 4.78 is 4.47. The summed E-state index contributed by atoms with van der Waals surface area (Å²) in [5, 5.41) is 5.16. The van der Waals surface area contributed by atoms with Crippen molar-refractivity contribution in [2.75, 3.05) is 14.2 Å². The second-order valence-electron chi connectivity index (χ2n) is 4.50. The zero-order chi connectivity index (χ0) is 15.7. The van der Waals surface area contributed by atoms with Gasteiger partial charge in [-0.3, -0.25) is 14.4 Å². The number of ether oxygens (including phenoxy) is 1. The average Bonchev–Trinajstić information content (AvgIpc) is 2.52. The zero-order valence-corrected chi connectivity index (χ0v) is 12.2. The largest absolute Gasteiger partial charge is 0.469 e. The van der Waals surface area contributed by atoms with E-state index in [1.54, 1.807) is 0 Å². The maximum atomic E-state index is 11.8. The third-order valence-electron chi connectivity index (χ3n) is 2.96. The van der Waals surface area contributed by atoms with Crippen molar-refractivity contribution < 1.29 is 19.1 Å². The Hall–Kier alpha value is -2.37. The van der Waals surface area contributed by atoms with Gasteiger partial charge in [0.05, 0.1) is 13.5 Å². The lowest BCUT2D eigenvalue weighted by Gasteiger charge is -2.17. The first-order chi connectivity index (χ1) is 10.1. The molecule has 21 heavy (non-hydrogen) atoms. The number of hydrogen-bond acceptors (Lipinski definition) is 4. The Kier molecular flexibility index (Phi) is 6.94. The Balaban J connectivity index is 2.60. The van der Waals surface area contributed by atoms with Gasteiger partial charge in [0, 0.05) is 19.9 Å². The van der Waals surface area contributed by atoms with Gasteiger partial charge in [-0.2, -0.15) is 0 Å². The van der Waals surface area contributed by atoms with Crippen molar-refractivity contribution in [2.45, 2.75) is 25.3 Å². The predicted molar refractivity (Wildman–Crippen MR) is 77.4 cm³/mol. The highest BCUT2D eigenvalue weighted by molar-refractivity contribution is 5.88. The van der Waals surface area contributed by atoms with E-state index in [1.807, 2.05) is 30.3 Å². The molecule has 6 nitrogen and oxygen atoms in total. The second-order valence-corrected chi connectivity index (χ2v) is 4.50. The Bertz CT molecular complexity index is 488. The molecule has 0 aliphatic heterocycles. The highest BCUT2D eigenvalue weighted by atomic mass is 16.5. The quantitative estimate of drug-likeness (QED) is 0.713. The number of carbonyl (C=O) groups is 3. The summed E-state index contributed by atoms with van der Waals surface area (Å²) in [5.74, 6) is -1.08. The van der Waals surface area contributed by atoms with Crippen molar-refractivity contribution in [2.24, 2.45) is 0 Å². The van der Waals surface area contributed by atoms with Crippen LogP contribution in [0.3, 0.4) is 0 Å². The fourth-order valence-corrected chi connectivity index (χ4v) is 1.82. The molecule has 6 heteroatoms. The molecule has 114 valence electrons. The molecule has 0 aromatic heterocycles.